The Morgan fingerprint density at radius 3 is 2.13 bits per heavy atom. The molecule has 0 bridgehead atoms. The van der Waals surface area contributed by atoms with E-state index in [0.717, 1.165) is 19.3 Å². The first-order valence-electron chi connectivity index (χ1n) is 10.8. The normalized spacial score (nSPS) is 25.2. The second-order valence-electron chi connectivity index (χ2n) is 7.97. The topological polar surface area (TPSA) is 61.8 Å². The number of carbonyl (C=O) groups is 2. The third-order valence-corrected chi connectivity index (χ3v) is 5.56. The fourth-order valence-electron chi connectivity index (χ4n) is 3.78. The Morgan fingerprint density at radius 1 is 0.968 bits per heavy atom. The van der Waals surface area contributed by atoms with Crippen LogP contribution >= 0.6 is 0 Å². The van der Waals surface area contributed by atoms with Gasteiger partial charge in [-0.3, -0.25) is 0 Å². The molecule has 4 atom stereocenters. The molecule has 166 valence electrons. The van der Waals surface area contributed by atoms with Gasteiger partial charge in [0.15, 0.2) is 11.8 Å². The lowest BCUT2D eigenvalue weighted by molar-refractivity contribution is -0.0449. The van der Waals surface area contributed by atoms with Crippen molar-refractivity contribution in [2.24, 2.45) is 0 Å². The molecule has 4 unspecified atom stereocenters. The molecule has 0 aromatic heterocycles. The smallest absolute Gasteiger partial charge is 0.338 e. The number of ether oxygens (including phenoxy) is 3. The summed E-state index contributed by atoms with van der Waals surface area (Å²) in [4.78, 5) is 24.9. The van der Waals surface area contributed by atoms with Crippen LogP contribution in [0.1, 0.15) is 60.2 Å². The molecule has 1 saturated heterocycles. The molecule has 1 aliphatic heterocycles. The minimum Gasteiger partial charge on any atom is -0.459 e. The van der Waals surface area contributed by atoms with E-state index in [9.17, 15) is 9.59 Å². The molecule has 0 aliphatic carbocycles. The molecule has 0 spiro atoms. The van der Waals surface area contributed by atoms with Crippen molar-refractivity contribution >= 4 is 11.9 Å². The Labute approximate surface area is 182 Å². The third kappa shape index (κ3) is 5.70. The zero-order valence-corrected chi connectivity index (χ0v) is 18.0. The van der Waals surface area contributed by atoms with Gasteiger partial charge in [-0.15, -0.1) is 0 Å². The molecule has 5 nitrogen and oxygen atoms in total. The summed E-state index contributed by atoms with van der Waals surface area (Å²) >= 11 is 0. The maximum atomic E-state index is 15.8. The zero-order chi connectivity index (χ0) is 22.3. The lowest BCUT2D eigenvalue weighted by Gasteiger charge is -2.27. The highest BCUT2D eigenvalue weighted by molar-refractivity contribution is 5.90. The predicted molar refractivity (Wildman–Crippen MR) is 115 cm³/mol. The number of hydrogen-bond donors (Lipinski definition) is 0. The van der Waals surface area contributed by atoms with Gasteiger partial charge >= 0.3 is 11.9 Å². The molecular formula is C25H29FO5. The number of halogens is 1. The van der Waals surface area contributed by atoms with Crippen LogP contribution in [0.15, 0.2) is 60.7 Å². The lowest BCUT2D eigenvalue weighted by Crippen LogP contribution is -2.45. The van der Waals surface area contributed by atoms with Gasteiger partial charge in [0.05, 0.1) is 17.2 Å². The van der Waals surface area contributed by atoms with Gasteiger partial charge in [-0.2, -0.15) is 0 Å². The molecule has 0 N–H and O–H groups in total. The second-order valence-corrected chi connectivity index (χ2v) is 7.97. The van der Waals surface area contributed by atoms with E-state index >= 15 is 4.39 Å². The number of esters is 2. The Balaban J connectivity index is 1.73. The van der Waals surface area contributed by atoms with E-state index in [0.29, 0.717) is 17.5 Å². The van der Waals surface area contributed by atoms with E-state index < -0.39 is 35.9 Å². The largest absolute Gasteiger partial charge is 0.459 e. The van der Waals surface area contributed by atoms with Crippen LogP contribution in [0.25, 0.3) is 0 Å². The number of alkyl halides is 1. The number of benzene rings is 2. The summed E-state index contributed by atoms with van der Waals surface area (Å²) in [5.74, 6) is -1.17. The van der Waals surface area contributed by atoms with E-state index in [2.05, 4.69) is 6.92 Å². The van der Waals surface area contributed by atoms with Crippen LogP contribution in [0.2, 0.25) is 0 Å². The highest BCUT2D eigenvalue weighted by Gasteiger charge is 2.56. The van der Waals surface area contributed by atoms with Crippen LogP contribution in [0.3, 0.4) is 0 Å². The van der Waals surface area contributed by atoms with Crippen LogP contribution in [-0.2, 0) is 14.2 Å². The van der Waals surface area contributed by atoms with Crippen molar-refractivity contribution in [1.82, 2.24) is 0 Å². The van der Waals surface area contributed by atoms with Crippen LogP contribution in [-0.4, -0.2) is 42.5 Å². The SMILES string of the molecule is CCCCCC1OC(COC(=O)c2ccccc2)C(OC(=O)c2ccccc2)C1(C)F. The molecule has 1 aliphatic rings. The summed E-state index contributed by atoms with van der Waals surface area (Å²) in [5.41, 5.74) is -1.18. The highest BCUT2D eigenvalue weighted by atomic mass is 19.1. The van der Waals surface area contributed by atoms with E-state index in [1.54, 1.807) is 60.7 Å². The first kappa shape index (κ1) is 22.9. The lowest BCUT2D eigenvalue weighted by atomic mass is 9.91. The zero-order valence-electron chi connectivity index (χ0n) is 18.0. The third-order valence-electron chi connectivity index (χ3n) is 5.56. The van der Waals surface area contributed by atoms with Gasteiger partial charge in [-0.25, -0.2) is 14.0 Å². The monoisotopic (exact) mass is 428 g/mol. The van der Waals surface area contributed by atoms with Crippen molar-refractivity contribution in [3.05, 3.63) is 71.8 Å². The van der Waals surface area contributed by atoms with Crippen molar-refractivity contribution in [1.29, 1.82) is 0 Å². The van der Waals surface area contributed by atoms with Gasteiger partial charge in [0, 0.05) is 0 Å². The molecule has 3 rings (SSSR count). The summed E-state index contributed by atoms with van der Waals surface area (Å²) in [5, 5.41) is 0. The Bertz CT molecular complexity index is 853. The maximum absolute atomic E-state index is 15.8. The average Bonchev–Trinajstić information content (AvgIpc) is 3.02. The van der Waals surface area contributed by atoms with Crippen LogP contribution < -0.4 is 0 Å². The predicted octanol–water partition coefficient (Wildman–Crippen LogP) is 5.14. The molecule has 2 aromatic carbocycles. The van der Waals surface area contributed by atoms with E-state index in [1.807, 2.05) is 0 Å². The van der Waals surface area contributed by atoms with Crippen LogP contribution in [0, 0.1) is 0 Å². The minimum absolute atomic E-state index is 0.204. The van der Waals surface area contributed by atoms with Crippen molar-refractivity contribution < 1.29 is 28.2 Å². The second kappa shape index (κ2) is 10.5. The summed E-state index contributed by atoms with van der Waals surface area (Å²) < 4.78 is 32.7. The molecule has 2 aromatic rings. The number of unbranched alkanes of at least 4 members (excludes halogenated alkanes) is 2. The molecule has 31 heavy (non-hydrogen) atoms. The minimum atomic E-state index is -1.90. The average molecular weight is 429 g/mol. The van der Waals surface area contributed by atoms with Crippen LogP contribution in [0.4, 0.5) is 4.39 Å². The van der Waals surface area contributed by atoms with E-state index in [-0.39, 0.29) is 6.61 Å². The number of carbonyl (C=O) groups excluding carboxylic acids is 2. The quantitative estimate of drug-likeness (QED) is 0.409. The molecule has 1 heterocycles. The summed E-state index contributed by atoms with van der Waals surface area (Å²) in [7, 11) is 0. The van der Waals surface area contributed by atoms with Crippen molar-refractivity contribution in [3.8, 4) is 0 Å². The van der Waals surface area contributed by atoms with Gasteiger partial charge in [-0.1, -0.05) is 62.6 Å². The van der Waals surface area contributed by atoms with Crippen molar-refractivity contribution in [2.45, 2.75) is 63.5 Å². The summed E-state index contributed by atoms with van der Waals surface area (Å²) in [6, 6.07) is 17.0. The standard InChI is InChI=1S/C25H29FO5/c1-3-4-7-16-21-25(2,26)22(31-24(28)19-14-10-6-11-15-19)20(30-21)17-29-23(27)18-12-8-5-9-13-18/h5-6,8-15,20-22H,3-4,7,16-17H2,1-2H3. The Morgan fingerprint density at radius 2 is 1.55 bits per heavy atom. The fourth-order valence-corrected chi connectivity index (χ4v) is 3.78. The summed E-state index contributed by atoms with van der Waals surface area (Å²) in [6.07, 6.45) is 0.448. The van der Waals surface area contributed by atoms with Gasteiger partial charge in [-0.05, 0) is 37.6 Å². The molecule has 6 heteroatoms. The summed E-state index contributed by atoms with van der Waals surface area (Å²) in [6.45, 7) is 3.26. The van der Waals surface area contributed by atoms with E-state index in [4.69, 9.17) is 14.2 Å². The van der Waals surface area contributed by atoms with E-state index in [1.165, 1.54) is 6.92 Å². The van der Waals surface area contributed by atoms with Gasteiger partial charge in [0.2, 0.25) is 0 Å². The number of rotatable bonds is 9. The first-order chi connectivity index (χ1) is 14.9. The van der Waals surface area contributed by atoms with Gasteiger partial charge in [0.1, 0.15) is 12.7 Å². The van der Waals surface area contributed by atoms with Gasteiger partial charge < -0.3 is 14.2 Å². The molecule has 0 amide bonds. The fraction of sp³-hybridized carbons (Fsp3) is 0.440. The number of hydrogen-bond acceptors (Lipinski definition) is 5. The highest BCUT2D eigenvalue weighted by Crippen LogP contribution is 2.39. The van der Waals surface area contributed by atoms with Gasteiger partial charge in [0.25, 0.3) is 0 Å². The first-order valence-corrected chi connectivity index (χ1v) is 10.8. The molecule has 1 fully saturated rings. The Hall–Kier alpha value is -2.73. The van der Waals surface area contributed by atoms with Crippen molar-refractivity contribution in [3.63, 3.8) is 0 Å². The maximum Gasteiger partial charge on any atom is 0.338 e. The van der Waals surface area contributed by atoms with Crippen LogP contribution in [0.5, 0.6) is 0 Å². The van der Waals surface area contributed by atoms with Crippen molar-refractivity contribution in [2.75, 3.05) is 6.61 Å². The molecule has 0 radical (unpaired) electrons. The Kier molecular flexibility index (Phi) is 7.80. The molecule has 0 saturated carbocycles. The molecular weight excluding hydrogens is 399 g/mol.